The van der Waals surface area contributed by atoms with Crippen LogP contribution in [0.4, 0.5) is 4.39 Å². The van der Waals surface area contributed by atoms with Crippen LogP contribution in [0.1, 0.15) is 43.7 Å². The van der Waals surface area contributed by atoms with Gasteiger partial charge in [0.25, 0.3) is 0 Å². The monoisotopic (exact) mass is 282 g/mol. The topological polar surface area (TPSA) is 56.5 Å². The van der Waals surface area contributed by atoms with Gasteiger partial charge in [0, 0.05) is 12.6 Å². The largest absolute Gasteiger partial charge is 0.494 e. The number of benzene rings is 1. The summed E-state index contributed by atoms with van der Waals surface area (Å²) in [5.41, 5.74) is 3.61. The van der Waals surface area contributed by atoms with Crippen LogP contribution in [0.2, 0.25) is 0 Å². The van der Waals surface area contributed by atoms with Crippen LogP contribution in [-0.4, -0.2) is 19.8 Å². The predicted octanol–water partition coefficient (Wildman–Crippen LogP) is 2.69. The van der Waals surface area contributed by atoms with Crippen molar-refractivity contribution in [1.82, 2.24) is 5.43 Å². The van der Waals surface area contributed by atoms with Crippen LogP contribution in [0.5, 0.6) is 5.75 Å². The molecule has 0 amide bonds. The minimum atomic E-state index is -0.357. The highest BCUT2D eigenvalue weighted by molar-refractivity contribution is 5.30. The predicted molar refractivity (Wildman–Crippen MR) is 75.8 cm³/mol. The molecule has 0 bridgehead atoms. The number of nitrogens with one attached hydrogen (secondary N) is 1. The summed E-state index contributed by atoms with van der Waals surface area (Å²) < 4.78 is 24.2. The first kappa shape index (κ1) is 15.2. The van der Waals surface area contributed by atoms with Gasteiger partial charge in [-0.25, -0.2) is 4.39 Å². The third-order valence-corrected chi connectivity index (χ3v) is 3.82. The zero-order valence-electron chi connectivity index (χ0n) is 11.9. The van der Waals surface area contributed by atoms with E-state index in [-0.39, 0.29) is 17.6 Å². The Labute approximate surface area is 119 Å². The van der Waals surface area contributed by atoms with Gasteiger partial charge in [0.1, 0.15) is 0 Å². The Balaban J connectivity index is 1.88. The minimum Gasteiger partial charge on any atom is -0.494 e. The van der Waals surface area contributed by atoms with Crippen molar-refractivity contribution in [3.63, 3.8) is 0 Å². The highest BCUT2D eigenvalue weighted by Gasteiger charge is 2.17. The van der Waals surface area contributed by atoms with E-state index in [1.807, 2.05) is 6.07 Å². The normalized spacial score (nSPS) is 20.1. The van der Waals surface area contributed by atoms with E-state index in [1.165, 1.54) is 13.2 Å². The first-order valence-electron chi connectivity index (χ1n) is 7.15. The SMILES string of the molecule is COc1ccc(C(CCCC2CCCO2)NN)cc1F. The second kappa shape index (κ2) is 7.57. The number of rotatable bonds is 7. The van der Waals surface area contributed by atoms with Crippen LogP contribution in [0, 0.1) is 5.82 Å². The second-order valence-corrected chi connectivity index (χ2v) is 5.18. The van der Waals surface area contributed by atoms with E-state index in [2.05, 4.69) is 5.43 Å². The molecular formula is C15H23FN2O2. The van der Waals surface area contributed by atoms with E-state index >= 15 is 0 Å². The fraction of sp³-hybridized carbons (Fsp3) is 0.600. The molecule has 0 aromatic heterocycles. The Kier molecular flexibility index (Phi) is 5.76. The molecule has 20 heavy (non-hydrogen) atoms. The van der Waals surface area contributed by atoms with Crippen molar-refractivity contribution in [3.05, 3.63) is 29.6 Å². The van der Waals surface area contributed by atoms with Crippen molar-refractivity contribution in [2.75, 3.05) is 13.7 Å². The molecule has 112 valence electrons. The van der Waals surface area contributed by atoms with Crippen molar-refractivity contribution in [2.45, 2.75) is 44.2 Å². The molecule has 5 heteroatoms. The summed E-state index contributed by atoms with van der Waals surface area (Å²) in [6.07, 6.45) is 5.61. The van der Waals surface area contributed by atoms with Gasteiger partial charge in [-0.2, -0.15) is 0 Å². The van der Waals surface area contributed by atoms with Gasteiger partial charge >= 0.3 is 0 Å². The lowest BCUT2D eigenvalue weighted by Crippen LogP contribution is -2.28. The highest BCUT2D eigenvalue weighted by atomic mass is 19.1. The van der Waals surface area contributed by atoms with E-state index in [4.69, 9.17) is 15.3 Å². The smallest absolute Gasteiger partial charge is 0.165 e. The standard InChI is InChI=1S/C15H23FN2O2/c1-19-15-8-7-11(10-13(15)16)14(18-17)6-2-4-12-5-3-9-20-12/h7-8,10,12,14,18H,2-6,9,17H2,1H3. The summed E-state index contributed by atoms with van der Waals surface area (Å²) >= 11 is 0. The number of hydrogen-bond donors (Lipinski definition) is 2. The maximum Gasteiger partial charge on any atom is 0.165 e. The summed E-state index contributed by atoms with van der Waals surface area (Å²) in [6, 6.07) is 4.92. The average Bonchev–Trinajstić information content (AvgIpc) is 2.97. The lowest BCUT2D eigenvalue weighted by molar-refractivity contribution is 0.101. The number of methoxy groups -OCH3 is 1. The van der Waals surface area contributed by atoms with Crippen LogP contribution < -0.4 is 16.0 Å². The number of halogens is 1. The molecule has 2 rings (SSSR count). The molecule has 1 aromatic carbocycles. The van der Waals surface area contributed by atoms with Crippen molar-refractivity contribution < 1.29 is 13.9 Å². The molecule has 1 heterocycles. The van der Waals surface area contributed by atoms with Crippen LogP contribution in [0.15, 0.2) is 18.2 Å². The van der Waals surface area contributed by atoms with Crippen LogP contribution in [-0.2, 0) is 4.74 Å². The van der Waals surface area contributed by atoms with E-state index in [1.54, 1.807) is 6.07 Å². The van der Waals surface area contributed by atoms with Gasteiger partial charge in [-0.3, -0.25) is 11.3 Å². The fourth-order valence-electron chi connectivity index (χ4n) is 2.67. The summed E-state index contributed by atoms with van der Waals surface area (Å²) in [7, 11) is 1.46. The molecule has 2 unspecified atom stereocenters. The van der Waals surface area contributed by atoms with E-state index in [0.29, 0.717) is 6.10 Å². The third kappa shape index (κ3) is 3.91. The molecule has 4 nitrogen and oxygen atoms in total. The average molecular weight is 282 g/mol. The van der Waals surface area contributed by atoms with Gasteiger partial charge in [0.05, 0.1) is 13.2 Å². The van der Waals surface area contributed by atoms with Crippen molar-refractivity contribution in [1.29, 1.82) is 0 Å². The van der Waals surface area contributed by atoms with Crippen LogP contribution in [0.3, 0.4) is 0 Å². The van der Waals surface area contributed by atoms with Crippen molar-refractivity contribution in [3.8, 4) is 5.75 Å². The fourth-order valence-corrected chi connectivity index (χ4v) is 2.67. The minimum absolute atomic E-state index is 0.0446. The second-order valence-electron chi connectivity index (χ2n) is 5.18. The van der Waals surface area contributed by atoms with E-state index < -0.39 is 0 Å². The first-order chi connectivity index (χ1) is 9.74. The molecule has 2 atom stereocenters. The lowest BCUT2D eigenvalue weighted by Gasteiger charge is -2.18. The molecule has 1 aromatic rings. The van der Waals surface area contributed by atoms with Gasteiger partial charge in [-0.1, -0.05) is 6.07 Å². The number of hydrogen-bond acceptors (Lipinski definition) is 4. The van der Waals surface area contributed by atoms with Gasteiger partial charge in [-0.15, -0.1) is 0 Å². The van der Waals surface area contributed by atoms with Crippen molar-refractivity contribution >= 4 is 0 Å². The molecule has 0 radical (unpaired) electrons. The van der Waals surface area contributed by atoms with Crippen LogP contribution in [0.25, 0.3) is 0 Å². The molecule has 0 aliphatic carbocycles. The van der Waals surface area contributed by atoms with Gasteiger partial charge in [0.2, 0.25) is 0 Å². The number of ether oxygens (including phenoxy) is 2. The summed E-state index contributed by atoms with van der Waals surface area (Å²) in [5.74, 6) is 5.48. The zero-order chi connectivity index (χ0) is 14.4. The van der Waals surface area contributed by atoms with Gasteiger partial charge in [-0.05, 0) is 49.8 Å². The maximum absolute atomic E-state index is 13.7. The van der Waals surface area contributed by atoms with Gasteiger partial charge < -0.3 is 9.47 Å². The summed E-state index contributed by atoms with van der Waals surface area (Å²) in [5, 5.41) is 0. The van der Waals surface area contributed by atoms with Gasteiger partial charge in [0.15, 0.2) is 11.6 Å². The summed E-state index contributed by atoms with van der Waals surface area (Å²) in [4.78, 5) is 0. The highest BCUT2D eigenvalue weighted by Crippen LogP contribution is 2.26. The number of hydrazine groups is 1. The first-order valence-corrected chi connectivity index (χ1v) is 7.15. The Morgan fingerprint density at radius 2 is 2.40 bits per heavy atom. The van der Waals surface area contributed by atoms with Crippen LogP contribution >= 0.6 is 0 Å². The molecular weight excluding hydrogens is 259 g/mol. The third-order valence-electron chi connectivity index (χ3n) is 3.82. The Morgan fingerprint density at radius 1 is 1.55 bits per heavy atom. The quantitative estimate of drug-likeness (QED) is 0.596. The molecule has 0 spiro atoms. The summed E-state index contributed by atoms with van der Waals surface area (Å²) in [6.45, 7) is 0.882. The number of nitrogens with two attached hydrogens (primary N) is 1. The lowest BCUT2D eigenvalue weighted by atomic mass is 9.99. The van der Waals surface area contributed by atoms with Crippen molar-refractivity contribution in [2.24, 2.45) is 5.84 Å². The Bertz CT molecular complexity index is 422. The molecule has 1 saturated heterocycles. The Hall–Kier alpha value is -1.17. The molecule has 1 fully saturated rings. The molecule has 1 aliphatic heterocycles. The molecule has 1 aliphatic rings. The van der Waals surface area contributed by atoms with E-state index in [0.717, 1.165) is 44.3 Å². The molecule has 3 N–H and O–H groups in total. The van der Waals surface area contributed by atoms with E-state index in [9.17, 15) is 4.39 Å². The zero-order valence-corrected chi connectivity index (χ0v) is 11.9. The Morgan fingerprint density at radius 3 is 3.00 bits per heavy atom. The molecule has 0 saturated carbocycles. The maximum atomic E-state index is 13.7.